The Hall–Kier alpha value is -0.480. The highest BCUT2D eigenvalue weighted by atomic mass is 16.3. The van der Waals surface area contributed by atoms with Gasteiger partial charge >= 0.3 is 0 Å². The largest absolute Gasteiger partial charge is 0.393 e. The van der Waals surface area contributed by atoms with Crippen molar-refractivity contribution in [3.8, 4) is 11.8 Å². The lowest BCUT2D eigenvalue weighted by Crippen LogP contribution is -2.19. The van der Waals surface area contributed by atoms with Crippen LogP contribution in [0.1, 0.15) is 46.0 Å². The smallest absolute Gasteiger partial charge is 0.0566 e. The van der Waals surface area contributed by atoms with Crippen molar-refractivity contribution in [2.24, 2.45) is 5.92 Å². The maximum Gasteiger partial charge on any atom is 0.0566 e. The topological polar surface area (TPSA) is 20.2 Å². The van der Waals surface area contributed by atoms with E-state index >= 15 is 0 Å². The van der Waals surface area contributed by atoms with Gasteiger partial charge in [0.25, 0.3) is 0 Å². The summed E-state index contributed by atoms with van der Waals surface area (Å²) in [6.45, 7) is 7.65. The molecule has 0 saturated carbocycles. The van der Waals surface area contributed by atoms with Crippen LogP contribution in [-0.4, -0.2) is 11.2 Å². The maximum absolute atomic E-state index is 9.68. The molecule has 1 radical (unpaired) electrons. The average molecular weight is 181 g/mol. The van der Waals surface area contributed by atoms with Gasteiger partial charge < -0.3 is 5.11 Å². The molecular formula is C12H21O. The molecule has 1 N–H and O–H groups in total. The molecule has 0 bridgehead atoms. The lowest BCUT2D eigenvalue weighted by molar-refractivity contribution is 0.0939. The van der Waals surface area contributed by atoms with E-state index in [1.54, 1.807) is 0 Å². The van der Waals surface area contributed by atoms with Gasteiger partial charge in [0, 0.05) is 13.3 Å². The Bertz CT molecular complexity index is 164. The molecule has 0 aliphatic carbocycles. The third-order valence-corrected chi connectivity index (χ3v) is 2.39. The summed E-state index contributed by atoms with van der Waals surface area (Å²) < 4.78 is 0. The fraction of sp³-hybridized carbons (Fsp3) is 0.750. The van der Waals surface area contributed by atoms with Crippen LogP contribution >= 0.6 is 0 Å². The molecule has 0 fully saturated rings. The van der Waals surface area contributed by atoms with Crippen LogP contribution in [0.3, 0.4) is 0 Å². The van der Waals surface area contributed by atoms with Crippen molar-refractivity contribution in [1.29, 1.82) is 0 Å². The van der Waals surface area contributed by atoms with Gasteiger partial charge in [-0.15, -0.1) is 11.8 Å². The SMILES string of the molecule is [CH2]C#CCCC(CCC)C(O)CC. The van der Waals surface area contributed by atoms with Gasteiger partial charge in [-0.05, 0) is 25.2 Å². The van der Waals surface area contributed by atoms with Gasteiger partial charge in [-0.1, -0.05) is 20.3 Å². The molecule has 0 rings (SSSR count). The average Bonchev–Trinajstić information content (AvgIpc) is 2.16. The minimum atomic E-state index is -0.147. The third-order valence-electron chi connectivity index (χ3n) is 2.39. The number of hydrogen-bond donors (Lipinski definition) is 1. The Morgan fingerprint density at radius 3 is 2.46 bits per heavy atom. The molecule has 2 unspecified atom stereocenters. The molecule has 75 valence electrons. The lowest BCUT2D eigenvalue weighted by atomic mass is 9.91. The summed E-state index contributed by atoms with van der Waals surface area (Å²) in [5.74, 6) is 6.01. The second kappa shape index (κ2) is 8.13. The van der Waals surface area contributed by atoms with E-state index in [1.807, 2.05) is 6.92 Å². The van der Waals surface area contributed by atoms with Crippen molar-refractivity contribution in [2.75, 3.05) is 0 Å². The fourth-order valence-electron chi connectivity index (χ4n) is 1.58. The molecule has 13 heavy (non-hydrogen) atoms. The van der Waals surface area contributed by atoms with Crippen LogP contribution in [0.2, 0.25) is 0 Å². The van der Waals surface area contributed by atoms with Crippen LogP contribution in [0.15, 0.2) is 0 Å². The highest BCUT2D eigenvalue weighted by Gasteiger charge is 2.15. The molecule has 2 atom stereocenters. The first-order chi connectivity index (χ1) is 6.26. The molecule has 0 spiro atoms. The predicted octanol–water partition coefficient (Wildman–Crippen LogP) is 2.79. The highest BCUT2D eigenvalue weighted by Crippen LogP contribution is 2.19. The van der Waals surface area contributed by atoms with Crippen LogP contribution in [0.4, 0.5) is 0 Å². The monoisotopic (exact) mass is 181 g/mol. The van der Waals surface area contributed by atoms with Crippen molar-refractivity contribution in [2.45, 2.75) is 52.1 Å². The standard InChI is InChI=1S/C12H21O/c1-4-7-8-10-11(9-5-2)12(13)6-3/h11-13H,1,5-6,8-10H2,2-3H3. The van der Waals surface area contributed by atoms with E-state index in [9.17, 15) is 5.11 Å². The predicted molar refractivity (Wildman–Crippen MR) is 57.1 cm³/mol. The minimum Gasteiger partial charge on any atom is -0.393 e. The number of aliphatic hydroxyl groups excluding tert-OH is 1. The van der Waals surface area contributed by atoms with Crippen molar-refractivity contribution in [3.63, 3.8) is 0 Å². The first-order valence-corrected chi connectivity index (χ1v) is 5.19. The van der Waals surface area contributed by atoms with E-state index in [2.05, 4.69) is 25.7 Å². The van der Waals surface area contributed by atoms with Crippen LogP contribution < -0.4 is 0 Å². The van der Waals surface area contributed by atoms with Gasteiger partial charge in [0.15, 0.2) is 0 Å². The molecule has 0 aromatic rings. The van der Waals surface area contributed by atoms with Crippen LogP contribution in [-0.2, 0) is 0 Å². The van der Waals surface area contributed by atoms with Gasteiger partial charge in [-0.25, -0.2) is 0 Å². The maximum atomic E-state index is 9.68. The van der Waals surface area contributed by atoms with Crippen LogP contribution in [0.5, 0.6) is 0 Å². The Labute approximate surface area is 82.5 Å². The van der Waals surface area contributed by atoms with Gasteiger partial charge in [0.05, 0.1) is 6.10 Å². The molecule has 0 saturated heterocycles. The molecule has 0 amide bonds. The molecule has 0 aromatic heterocycles. The van der Waals surface area contributed by atoms with E-state index in [-0.39, 0.29) is 6.10 Å². The van der Waals surface area contributed by atoms with Gasteiger partial charge in [0.1, 0.15) is 0 Å². The van der Waals surface area contributed by atoms with Crippen LogP contribution in [0, 0.1) is 24.7 Å². The number of hydrogen-bond acceptors (Lipinski definition) is 1. The Balaban J connectivity index is 3.83. The first-order valence-electron chi connectivity index (χ1n) is 5.19. The van der Waals surface area contributed by atoms with E-state index in [0.29, 0.717) is 5.92 Å². The summed E-state index contributed by atoms with van der Waals surface area (Å²) in [7, 11) is 0. The normalized spacial score (nSPS) is 14.5. The number of aliphatic hydroxyl groups is 1. The molecule has 0 aromatic carbocycles. The second-order valence-electron chi connectivity index (χ2n) is 3.42. The molecule has 1 nitrogen and oxygen atoms in total. The van der Waals surface area contributed by atoms with Crippen LogP contribution in [0.25, 0.3) is 0 Å². The zero-order valence-corrected chi connectivity index (χ0v) is 8.84. The number of rotatable bonds is 6. The van der Waals surface area contributed by atoms with E-state index < -0.39 is 0 Å². The summed E-state index contributed by atoms with van der Waals surface area (Å²) in [6.07, 6.45) is 4.82. The quantitative estimate of drug-likeness (QED) is 0.625. The molecule has 0 aliphatic heterocycles. The molecule has 1 heteroatoms. The summed E-state index contributed by atoms with van der Waals surface area (Å²) in [5.41, 5.74) is 0. The van der Waals surface area contributed by atoms with E-state index in [1.165, 1.54) is 0 Å². The first kappa shape index (κ1) is 12.5. The van der Waals surface area contributed by atoms with Gasteiger partial charge in [0.2, 0.25) is 0 Å². The summed E-state index contributed by atoms with van der Waals surface area (Å²) in [6, 6.07) is 0. The second-order valence-corrected chi connectivity index (χ2v) is 3.42. The summed E-state index contributed by atoms with van der Waals surface area (Å²) in [4.78, 5) is 0. The fourth-order valence-corrected chi connectivity index (χ4v) is 1.58. The molecular weight excluding hydrogens is 160 g/mol. The van der Waals surface area contributed by atoms with E-state index in [0.717, 1.165) is 32.1 Å². The highest BCUT2D eigenvalue weighted by molar-refractivity contribution is 5.01. The van der Waals surface area contributed by atoms with Crippen molar-refractivity contribution < 1.29 is 5.11 Å². The van der Waals surface area contributed by atoms with Crippen molar-refractivity contribution in [3.05, 3.63) is 6.92 Å². The van der Waals surface area contributed by atoms with Gasteiger partial charge in [-0.3, -0.25) is 0 Å². The van der Waals surface area contributed by atoms with Crippen molar-refractivity contribution in [1.82, 2.24) is 0 Å². The zero-order chi connectivity index (χ0) is 10.1. The summed E-state index contributed by atoms with van der Waals surface area (Å²) >= 11 is 0. The summed E-state index contributed by atoms with van der Waals surface area (Å²) in [5, 5.41) is 9.68. The zero-order valence-electron chi connectivity index (χ0n) is 8.84. The third kappa shape index (κ3) is 5.71. The Morgan fingerprint density at radius 1 is 1.31 bits per heavy atom. The Kier molecular flexibility index (Phi) is 7.83. The molecule has 0 aliphatic rings. The Morgan fingerprint density at radius 2 is 2.00 bits per heavy atom. The van der Waals surface area contributed by atoms with Crippen molar-refractivity contribution >= 4 is 0 Å². The lowest BCUT2D eigenvalue weighted by Gasteiger charge is -2.20. The van der Waals surface area contributed by atoms with E-state index in [4.69, 9.17) is 0 Å². The minimum absolute atomic E-state index is 0.147. The molecule has 0 heterocycles. The van der Waals surface area contributed by atoms with Gasteiger partial charge in [-0.2, -0.15) is 0 Å².